The van der Waals surface area contributed by atoms with Crippen LogP contribution in [0.5, 0.6) is 0 Å². The molecule has 0 saturated carbocycles. The lowest BCUT2D eigenvalue weighted by atomic mass is 10.3. The van der Waals surface area contributed by atoms with Crippen molar-refractivity contribution in [3.63, 3.8) is 0 Å². The van der Waals surface area contributed by atoms with Crippen LogP contribution in [0, 0.1) is 0 Å². The second-order valence-corrected chi connectivity index (χ2v) is 6.96. The molecule has 0 amide bonds. The van der Waals surface area contributed by atoms with Gasteiger partial charge in [0.2, 0.25) is 0 Å². The Morgan fingerprint density at radius 2 is 1.76 bits per heavy atom. The maximum absolute atomic E-state index is 11.2. The Morgan fingerprint density at radius 1 is 1.29 bits per heavy atom. The van der Waals surface area contributed by atoms with Gasteiger partial charge in [-0.05, 0) is 18.5 Å². The molecule has 100 valence electrons. The molecule has 17 heavy (non-hydrogen) atoms. The third-order valence-corrected chi connectivity index (χ3v) is 5.83. The molecule has 0 rings (SSSR count). The Morgan fingerprint density at radius 3 is 2.06 bits per heavy atom. The van der Waals surface area contributed by atoms with Gasteiger partial charge in [0, 0.05) is 11.3 Å². The summed E-state index contributed by atoms with van der Waals surface area (Å²) in [6, 6.07) is 0. The predicted octanol–water partition coefficient (Wildman–Crippen LogP) is -0.0236. The molecule has 0 atom stereocenters. The summed E-state index contributed by atoms with van der Waals surface area (Å²) in [6.07, 6.45) is -0.895. The molecule has 0 fully saturated rings. The first-order chi connectivity index (χ1) is 7.62. The molecular formula is C4H12N4O7P2. The summed E-state index contributed by atoms with van der Waals surface area (Å²) in [4.78, 5) is 42.0. The highest BCUT2D eigenvalue weighted by Crippen LogP contribution is 2.71. The average Bonchev–Trinajstić information content (AvgIpc) is 2.14. The fourth-order valence-corrected chi connectivity index (χ4v) is 3.57. The highest BCUT2D eigenvalue weighted by Gasteiger charge is 2.62. The van der Waals surface area contributed by atoms with Crippen LogP contribution in [-0.2, 0) is 14.0 Å². The van der Waals surface area contributed by atoms with E-state index in [9.17, 15) is 9.13 Å². The molecule has 0 heterocycles. The van der Waals surface area contributed by atoms with Crippen LogP contribution >= 0.6 is 15.2 Å². The summed E-state index contributed by atoms with van der Waals surface area (Å²) < 4.78 is 22.3. The van der Waals surface area contributed by atoms with Gasteiger partial charge in [-0.1, -0.05) is 0 Å². The van der Waals surface area contributed by atoms with Crippen LogP contribution in [0.2, 0.25) is 0 Å². The normalized spacial score (nSPS) is 13.0. The molecule has 0 aromatic heterocycles. The number of hydrogen-bond acceptors (Lipinski definition) is 5. The number of rotatable bonds is 7. The highest BCUT2D eigenvalue weighted by atomic mass is 31.2. The summed E-state index contributed by atoms with van der Waals surface area (Å²) in [5, 5.41) is -0.803. The van der Waals surface area contributed by atoms with Crippen molar-refractivity contribution in [3.05, 3.63) is 10.4 Å². The monoisotopic (exact) mass is 290 g/mol. The molecule has 0 radical (unpaired) electrons. The number of nitrogens with two attached hydrogens (primary N) is 1. The van der Waals surface area contributed by atoms with Crippen LogP contribution in [0.15, 0.2) is 5.28 Å². The summed E-state index contributed by atoms with van der Waals surface area (Å²) in [5.41, 5.74) is 13.1. The van der Waals surface area contributed by atoms with Crippen LogP contribution in [0.1, 0.15) is 12.8 Å². The molecule has 13 heteroatoms. The number of nitrogens with zero attached hydrogens (tertiary/aromatic N) is 3. The van der Waals surface area contributed by atoms with Gasteiger partial charge in [0.05, 0.1) is 0 Å². The van der Waals surface area contributed by atoms with Crippen LogP contribution in [0.4, 0.5) is 0 Å². The van der Waals surface area contributed by atoms with Crippen molar-refractivity contribution in [3.8, 4) is 0 Å². The molecular weight excluding hydrogens is 278 g/mol. The van der Waals surface area contributed by atoms with Gasteiger partial charge in [0.15, 0.2) is 0 Å². The van der Waals surface area contributed by atoms with Gasteiger partial charge >= 0.3 is 20.3 Å². The molecule has 0 aliphatic rings. The maximum Gasteiger partial charge on any atom is 0.382 e. The van der Waals surface area contributed by atoms with E-state index in [2.05, 4.69) is 10.1 Å². The van der Waals surface area contributed by atoms with Gasteiger partial charge in [-0.25, -0.2) is 0 Å². The molecule has 0 saturated heterocycles. The van der Waals surface area contributed by atoms with E-state index in [-0.39, 0.29) is 13.0 Å². The second kappa shape index (κ2) is 5.81. The summed E-state index contributed by atoms with van der Waals surface area (Å²) in [5.74, 6) is 0. The lowest BCUT2D eigenvalue weighted by Crippen LogP contribution is -2.31. The smallest absolute Gasteiger partial charge is 0.382 e. The maximum atomic E-state index is 11.2. The van der Waals surface area contributed by atoms with E-state index in [0.717, 1.165) is 0 Å². The number of azide groups is 1. The summed E-state index contributed by atoms with van der Waals surface area (Å²) >= 11 is 0. The molecule has 0 aromatic rings. The molecule has 0 spiro atoms. The van der Waals surface area contributed by atoms with Crippen molar-refractivity contribution in [1.82, 2.24) is 0 Å². The minimum Gasteiger partial charge on any atom is -0.400 e. The lowest BCUT2D eigenvalue weighted by molar-refractivity contribution is 0.0308. The zero-order valence-corrected chi connectivity index (χ0v) is 10.2. The summed E-state index contributed by atoms with van der Waals surface area (Å²) in [7, 11) is -10.8. The number of hydrogen-bond donors (Lipinski definition) is 5. The van der Waals surface area contributed by atoms with Crippen LogP contribution in [0.3, 0.4) is 0 Å². The van der Waals surface area contributed by atoms with Gasteiger partial charge in [-0.2, -0.15) is 0 Å². The van der Waals surface area contributed by atoms with Gasteiger partial charge in [-0.3, -0.25) is 9.13 Å². The molecule has 0 bridgehead atoms. The molecule has 0 aromatic carbocycles. The predicted molar refractivity (Wildman–Crippen MR) is 55.3 cm³/mol. The Balaban J connectivity index is 5.62. The van der Waals surface area contributed by atoms with Gasteiger partial charge in [0.1, 0.15) is 5.28 Å². The van der Waals surface area contributed by atoms with Crippen molar-refractivity contribution in [2.24, 2.45) is 11.0 Å². The first kappa shape index (κ1) is 16.4. The van der Waals surface area contributed by atoms with Crippen molar-refractivity contribution in [1.29, 1.82) is 0 Å². The van der Waals surface area contributed by atoms with E-state index >= 15 is 0 Å². The van der Waals surface area contributed by atoms with Crippen LogP contribution < -0.4 is 5.73 Å². The molecule has 0 aliphatic carbocycles. The SMILES string of the molecule is [N-]=[N+]=NOC(CCCN)(P(=O)(O)O)P(=O)(O)O. The molecule has 0 aliphatic heterocycles. The minimum atomic E-state index is -5.39. The van der Waals surface area contributed by atoms with Crippen LogP contribution in [0.25, 0.3) is 10.4 Å². The standard InChI is InChI=1S/C4H12N4O7P2/c5-3-1-2-4(15-8-7-6,16(9,10)11)17(12,13)14/h1-3,5H2,(H2,9,10,11)(H2,12,13,14). The van der Waals surface area contributed by atoms with Gasteiger partial charge < -0.3 is 30.1 Å². The third-order valence-electron chi connectivity index (χ3n) is 1.84. The minimum absolute atomic E-state index is 0.0820. The fraction of sp³-hybridized carbons (Fsp3) is 1.00. The van der Waals surface area contributed by atoms with E-state index < -0.39 is 26.7 Å². The first-order valence-electron chi connectivity index (χ1n) is 4.16. The zero-order valence-electron chi connectivity index (χ0n) is 8.45. The van der Waals surface area contributed by atoms with E-state index in [4.69, 9.17) is 30.8 Å². The Hall–Kier alpha value is -0.630. The molecule has 0 unspecified atom stereocenters. The second-order valence-electron chi connectivity index (χ2n) is 2.99. The van der Waals surface area contributed by atoms with Crippen LogP contribution in [-0.4, -0.2) is 31.2 Å². The van der Waals surface area contributed by atoms with Crippen molar-refractivity contribution in [2.45, 2.75) is 17.9 Å². The first-order valence-corrected chi connectivity index (χ1v) is 7.39. The van der Waals surface area contributed by atoms with E-state index in [1.807, 2.05) is 4.91 Å². The largest absolute Gasteiger partial charge is 0.400 e. The van der Waals surface area contributed by atoms with Crippen molar-refractivity contribution < 1.29 is 33.5 Å². The quantitative estimate of drug-likeness (QED) is 0.141. The Kier molecular flexibility index (Phi) is 5.60. The Labute approximate surface area is 95.5 Å². The topological polar surface area (TPSA) is 199 Å². The van der Waals surface area contributed by atoms with Gasteiger partial charge in [-0.15, -0.1) is 0 Å². The Bertz CT molecular complexity index is 373. The fourth-order valence-electron chi connectivity index (χ4n) is 1.03. The summed E-state index contributed by atoms with van der Waals surface area (Å²) in [6.45, 7) is -0.0820. The van der Waals surface area contributed by atoms with Crippen molar-refractivity contribution >= 4 is 15.2 Å². The van der Waals surface area contributed by atoms with Crippen molar-refractivity contribution in [2.75, 3.05) is 6.54 Å². The highest BCUT2D eigenvalue weighted by molar-refractivity contribution is 7.72. The van der Waals surface area contributed by atoms with E-state index in [1.54, 1.807) is 0 Å². The third kappa shape index (κ3) is 3.67. The van der Waals surface area contributed by atoms with E-state index in [1.165, 1.54) is 0 Å². The average molecular weight is 290 g/mol. The molecule has 6 N–H and O–H groups in total. The lowest BCUT2D eigenvalue weighted by Gasteiger charge is -2.31. The van der Waals surface area contributed by atoms with Gasteiger partial charge in [0.25, 0.3) is 0 Å². The van der Waals surface area contributed by atoms with E-state index in [0.29, 0.717) is 0 Å². The zero-order chi connectivity index (χ0) is 13.7. The molecule has 11 nitrogen and oxygen atoms in total.